The molecule has 1 aliphatic rings. The highest BCUT2D eigenvalue weighted by molar-refractivity contribution is 7.91. The predicted molar refractivity (Wildman–Crippen MR) is 155 cm³/mol. The summed E-state index contributed by atoms with van der Waals surface area (Å²) in [5, 5.41) is 12.6. The van der Waals surface area contributed by atoms with E-state index < -0.39 is 53.5 Å². The summed E-state index contributed by atoms with van der Waals surface area (Å²) in [6, 6.07) is 4.25. The number of sulfone groups is 1. The number of carboxylic acid groups (broad SMARTS) is 1. The molecule has 0 radical (unpaired) electrons. The number of amides is 1. The van der Waals surface area contributed by atoms with Gasteiger partial charge >= 0.3 is 12.3 Å². The van der Waals surface area contributed by atoms with Crippen LogP contribution in [-0.4, -0.2) is 85.2 Å². The Labute approximate surface area is 242 Å². The van der Waals surface area contributed by atoms with Gasteiger partial charge in [0.1, 0.15) is 12.3 Å². The second kappa shape index (κ2) is 11.8. The molecule has 0 spiro atoms. The molecule has 0 aliphatic carbocycles. The van der Waals surface area contributed by atoms with Crippen LogP contribution < -0.4 is 11.1 Å². The molecule has 2 aromatic heterocycles. The number of anilines is 1. The van der Waals surface area contributed by atoms with Crippen molar-refractivity contribution in [2.24, 2.45) is 5.73 Å². The minimum atomic E-state index is -4.82. The molecule has 0 unspecified atom stereocenters. The number of likely N-dealkylation sites (tertiary alicyclic amines) is 1. The summed E-state index contributed by atoms with van der Waals surface area (Å²) in [6.45, 7) is 7.07. The Morgan fingerprint density at radius 2 is 1.98 bits per heavy atom. The number of aromatic nitrogens is 3. The standard InChI is InChI=1S/C26H35F3N6O5SSi/c1-41(38,39)21-7-5-6-18-19(14-35(23(18)21)15-40-8-9-42(2,3)4)22-20(26(27,28)29)11-31-24(33-22)32-17-10-16(30)12-34(13-17)25(36)37/h5-7,11,14,16-17H,8-10,12-13,15,30H2,1-4H3,(H,36,37)(H,31,32,33)/t16-,17+/m1/s1. The average molecular weight is 629 g/mol. The number of alkyl halides is 3. The number of hydrogen-bond donors (Lipinski definition) is 3. The molecule has 0 bridgehead atoms. The largest absolute Gasteiger partial charge is 0.465 e. The lowest BCUT2D eigenvalue weighted by Crippen LogP contribution is -2.53. The number of nitrogens with two attached hydrogens (primary N) is 1. The fourth-order valence-electron chi connectivity index (χ4n) is 4.90. The fraction of sp³-hybridized carbons (Fsp3) is 0.500. The number of para-hydroxylation sites is 1. The van der Waals surface area contributed by atoms with Gasteiger partial charge in [-0.05, 0) is 18.5 Å². The van der Waals surface area contributed by atoms with Gasteiger partial charge in [-0.25, -0.2) is 23.2 Å². The quantitative estimate of drug-likeness (QED) is 0.232. The number of ether oxygens (including phenoxy) is 1. The number of nitrogens with zero attached hydrogens (tertiary/aromatic N) is 4. The van der Waals surface area contributed by atoms with E-state index in [0.717, 1.165) is 17.2 Å². The van der Waals surface area contributed by atoms with Gasteiger partial charge in [-0.15, -0.1) is 0 Å². The van der Waals surface area contributed by atoms with Gasteiger partial charge in [0.05, 0.1) is 16.1 Å². The molecule has 4 N–H and O–H groups in total. The summed E-state index contributed by atoms with van der Waals surface area (Å²) >= 11 is 0. The van der Waals surface area contributed by atoms with Gasteiger partial charge in [0.2, 0.25) is 5.95 Å². The Morgan fingerprint density at radius 3 is 2.60 bits per heavy atom. The summed E-state index contributed by atoms with van der Waals surface area (Å²) in [5.74, 6) is -0.144. The van der Waals surface area contributed by atoms with E-state index in [1.807, 2.05) is 0 Å². The number of fused-ring (bicyclic) bond motifs is 1. The van der Waals surface area contributed by atoms with Crippen LogP contribution in [0.15, 0.2) is 35.5 Å². The highest BCUT2D eigenvalue weighted by Gasteiger charge is 2.37. The third kappa shape index (κ3) is 7.40. The van der Waals surface area contributed by atoms with Crippen LogP contribution in [-0.2, 0) is 27.5 Å². The van der Waals surface area contributed by atoms with Crippen molar-refractivity contribution >= 4 is 40.9 Å². The molecule has 1 saturated heterocycles. The van der Waals surface area contributed by atoms with E-state index >= 15 is 0 Å². The summed E-state index contributed by atoms with van der Waals surface area (Å²) in [6.07, 6.45) is -2.51. The van der Waals surface area contributed by atoms with Crippen molar-refractivity contribution in [3.63, 3.8) is 0 Å². The number of halogens is 3. The Bertz CT molecular complexity index is 1570. The molecule has 1 fully saturated rings. The van der Waals surface area contributed by atoms with Gasteiger partial charge in [-0.1, -0.05) is 31.8 Å². The van der Waals surface area contributed by atoms with Crippen molar-refractivity contribution in [1.82, 2.24) is 19.4 Å². The number of benzene rings is 1. The predicted octanol–water partition coefficient (Wildman–Crippen LogP) is 4.32. The van der Waals surface area contributed by atoms with Crippen molar-refractivity contribution in [2.75, 3.05) is 31.3 Å². The van der Waals surface area contributed by atoms with Crippen LogP contribution in [0.1, 0.15) is 12.0 Å². The van der Waals surface area contributed by atoms with Crippen molar-refractivity contribution in [2.45, 2.75) is 62.0 Å². The van der Waals surface area contributed by atoms with Gasteiger partial charge in [-0.2, -0.15) is 13.2 Å². The van der Waals surface area contributed by atoms with Crippen LogP contribution in [0.25, 0.3) is 22.2 Å². The molecule has 42 heavy (non-hydrogen) atoms. The Morgan fingerprint density at radius 1 is 1.26 bits per heavy atom. The summed E-state index contributed by atoms with van der Waals surface area (Å²) < 4.78 is 75.4. The van der Waals surface area contributed by atoms with Crippen LogP contribution in [0.5, 0.6) is 0 Å². The lowest BCUT2D eigenvalue weighted by molar-refractivity contribution is -0.137. The molecule has 2 atom stereocenters. The maximum absolute atomic E-state index is 14.2. The maximum Gasteiger partial charge on any atom is 0.419 e. The third-order valence-corrected chi connectivity index (χ3v) is 9.76. The maximum atomic E-state index is 14.2. The molecule has 3 aromatic rings. The van der Waals surface area contributed by atoms with Crippen LogP contribution in [0, 0.1) is 0 Å². The number of piperidine rings is 1. The van der Waals surface area contributed by atoms with Crippen LogP contribution >= 0.6 is 0 Å². The molecule has 1 aromatic carbocycles. The highest BCUT2D eigenvalue weighted by atomic mass is 32.2. The molecule has 11 nitrogen and oxygen atoms in total. The Balaban J connectivity index is 1.81. The van der Waals surface area contributed by atoms with Gasteiger partial charge in [0.25, 0.3) is 0 Å². The Hall–Kier alpha value is -3.21. The van der Waals surface area contributed by atoms with Crippen molar-refractivity contribution in [1.29, 1.82) is 0 Å². The van der Waals surface area contributed by atoms with Gasteiger partial charge in [0.15, 0.2) is 9.84 Å². The lowest BCUT2D eigenvalue weighted by Gasteiger charge is -2.34. The lowest BCUT2D eigenvalue weighted by atomic mass is 10.0. The molecule has 0 saturated carbocycles. The zero-order valence-corrected chi connectivity index (χ0v) is 25.6. The van der Waals surface area contributed by atoms with Crippen LogP contribution in [0.3, 0.4) is 0 Å². The molecular formula is C26H35F3N6O5SSi. The molecular weight excluding hydrogens is 593 g/mol. The molecule has 1 aliphatic heterocycles. The number of hydrogen-bond acceptors (Lipinski definition) is 8. The third-order valence-electron chi connectivity index (χ3n) is 6.92. The normalized spacial score (nSPS) is 18.4. The molecule has 1 amide bonds. The highest BCUT2D eigenvalue weighted by Crippen LogP contribution is 2.40. The topological polar surface area (TPSA) is 153 Å². The minimum absolute atomic E-state index is 0.0500. The molecule has 16 heteroatoms. The Kier molecular flexibility index (Phi) is 8.92. The van der Waals surface area contributed by atoms with Crippen LogP contribution in [0.4, 0.5) is 23.9 Å². The fourth-order valence-corrected chi connectivity index (χ4v) is 6.56. The van der Waals surface area contributed by atoms with Crippen LogP contribution in [0.2, 0.25) is 25.7 Å². The number of rotatable bonds is 9. The summed E-state index contributed by atoms with van der Waals surface area (Å²) in [7, 11) is -5.19. The van der Waals surface area contributed by atoms with Gasteiger partial charge < -0.3 is 30.4 Å². The second-order valence-corrected chi connectivity index (χ2v) is 19.4. The number of carbonyl (C=O) groups is 1. The zero-order chi connectivity index (χ0) is 31.0. The van der Waals surface area contributed by atoms with Gasteiger partial charge in [0, 0.05) is 69.5 Å². The second-order valence-electron chi connectivity index (χ2n) is 11.8. The van der Waals surface area contributed by atoms with E-state index in [2.05, 4.69) is 34.9 Å². The van der Waals surface area contributed by atoms with Crippen molar-refractivity contribution in [3.8, 4) is 11.3 Å². The molecule has 230 valence electrons. The summed E-state index contributed by atoms with van der Waals surface area (Å²) in [4.78, 5) is 20.7. The van der Waals surface area contributed by atoms with Crippen molar-refractivity contribution < 1.29 is 36.2 Å². The van der Waals surface area contributed by atoms with E-state index in [1.165, 1.54) is 29.0 Å². The van der Waals surface area contributed by atoms with Crippen molar-refractivity contribution in [3.05, 3.63) is 36.2 Å². The first kappa shape index (κ1) is 31.7. The first-order valence-electron chi connectivity index (χ1n) is 13.3. The van der Waals surface area contributed by atoms with E-state index in [1.54, 1.807) is 0 Å². The minimum Gasteiger partial charge on any atom is -0.465 e. The number of nitrogens with one attached hydrogen (secondary N) is 1. The first-order chi connectivity index (χ1) is 19.4. The van der Waals surface area contributed by atoms with E-state index in [0.29, 0.717) is 19.2 Å². The monoisotopic (exact) mass is 628 g/mol. The molecule has 3 heterocycles. The van der Waals surface area contributed by atoms with Gasteiger partial charge in [-0.3, -0.25) is 0 Å². The zero-order valence-electron chi connectivity index (χ0n) is 23.8. The molecule has 4 rings (SSSR count). The smallest absolute Gasteiger partial charge is 0.419 e. The van der Waals surface area contributed by atoms with E-state index in [9.17, 15) is 31.5 Å². The average Bonchev–Trinajstić information content (AvgIpc) is 3.23. The SMILES string of the molecule is C[Si](C)(C)CCOCn1cc(-c2nc(N[C@H]3C[C@@H](N)CN(C(=O)O)C3)ncc2C(F)(F)F)c2cccc(S(C)(=O)=O)c21. The van der Waals surface area contributed by atoms with E-state index in [4.69, 9.17) is 10.5 Å². The van der Waals surface area contributed by atoms with E-state index in [-0.39, 0.29) is 47.1 Å². The summed E-state index contributed by atoms with van der Waals surface area (Å²) in [5.41, 5.74) is 4.70. The first-order valence-corrected chi connectivity index (χ1v) is 18.9.